The molecule has 5 N–H and O–H groups in total. The van der Waals surface area contributed by atoms with Crippen LogP contribution in [0.5, 0.6) is 17.2 Å². The molecule has 0 aliphatic heterocycles. The normalized spacial score (nSPS) is 9.87. The summed E-state index contributed by atoms with van der Waals surface area (Å²) in [5.74, 6) is -0.460. The lowest BCUT2D eigenvalue weighted by molar-refractivity contribution is -0.386. The van der Waals surface area contributed by atoms with Crippen LogP contribution in [0.25, 0.3) is 0 Å². The molecule has 3 aromatic carbocycles. The Balaban J connectivity index is 0.000000296. The number of anilines is 3. The van der Waals surface area contributed by atoms with Crippen molar-refractivity contribution in [2.75, 3.05) is 41.7 Å². The molecule has 0 aromatic heterocycles. The summed E-state index contributed by atoms with van der Waals surface area (Å²) in [6.45, 7) is 11.6. The molecule has 0 heterocycles. The minimum atomic E-state index is -0.637. The number of phenolic OH excluding ortho intramolecular Hbond substituents is 3. The van der Waals surface area contributed by atoms with Gasteiger partial charge in [0.05, 0.1) is 15.5 Å². The number of hydrogen-bond donors (Lipinski definition) is 4. The molecule has 3 aromatic rings. The Bertz CT molecular complexity index is 1250. The maximum atomic E-state index is 10.5. The summed E-state index contributed by atoms with van der Waals surface area (Å²) in [7, 11) is 0. The molecule has 0 aliphatic rings. The molecule has 3 rings (SSSR count). The number of nitro groups is 2. The first kappa shape index (κ1) is 32.8. The number of rotatable bonds is 8. The van der Waals surface area contributed by atoms with Gasteiger partial charge in [-0.25, -0.2) is 0 Å². The van der Waals surface area contributed by atoms with Gasteiger partial charge in [0.2, 0.25) is 0 Å². The molecule has 0 aliphatic carbocycles. The van der Waals surface area contributed by atoms with Crippen LogP contribution >= 0.6 is 15.9 Å². The molecule has 39 heavy (non-hydrogen) atoms. The average Bonchev–Trinajstić information content (AvgIpc) is 2.88. The third-order valence-corrected chi connectivity index (χ3v) is 6.05. The Morgan fingerprint density at radius 1 is 0.692 bits per heavy atom. The first-order valence-corrected chi connectivity index (χ1v) is 12.9. The predicted octanol–water partition coefficient (Wildman–Crippen LogP) is 6.03. The zero-order valence-corrected chi connectivity index (χ0v) is 23.8. The number of halogens is 1. The molecule has 0 radical (unpaired) electrons. The Morgan fingerprint density at radius 2 is 1.08 bits per heavy atom. The molecule has 0 fully saturated rings. The van der Waals surface area contributed by atoms with Gasteiger partial charge < -0.3 is 30.9 Å². The van der Waals surface area contributed by atoms with Crippen LogP contribution in [0.4, 0.5) is 28.4 Å². The second kappa shape index (κ2) is 15.9. The molecule has 212 valence electrons. The number of phenols is 3. The van der Waals surface area contributed by atoms with Crippen molar-refractivity contribution in [1.82, 2.24) is 0 Å². The number of nitrogens with zero attached hydrogens (tertiary/aromatic N) is 4. The van der Waals surface area contributed by atoms with E-state index in [1.54, 1.807) is 18.2 Å². The van der Waals surface area contributed by atoms with E-state index in [0.29, 0.717) is 10.2 Å². The van der Waals surface area contributed by atoms with Crippen molar-refractivity contribution < 1.29 is 25.2 Å². The van der Waals surface area contributed by atoms with Crippen molar-refractivity contribution in [3.8, 4) is 17.2 Å². The van der Waals surface area contributed by atoms with Gasteiger partial charge in [-0.3, -0.25) is 20.2 Å². The molecule has 13 heteroatoms. The Hall–Kier alpha value is -4.26. The quantitative estimate of drug-likeness (QED) is 0.102. The van der Waals surface area contributed by atoms with Gasteiger partial charge in [0.15, 0.2) is 11.5 Å². The topological polar surface area (TPSA) is 179 Å². The van der Waals surface area contributed by atoms with Gasteiger partial charge in [0, 0.05) is 72.4 Å². The van der Waals surface area contributed by atoms with Crippen molar-refractivity contribution in [3.05, 3.63) is 79.3 Å². The van der Waals surface area contributed by atoms with E-state index in [4.69, 9.17) is 10.8 Å². The highest BCUT2D eigenvalue weighted by molar-refractivity contribution is 9.10. The number of aromatic hydroxyl groups is 3. The van der Waals surface area contributed by atoms with Crippen molar-refractivity contribution in [1.29, 1.82) is 0 Å². The van der Waals surface area contributed by atoms with E-state index < -0.39 is 9.85 Å². The van der Waals surface area contributed by atoms with E-state index in [1.165, 1.54) is 30.3 Å². The number of nitro benzene ring substituents is 2. The summed E-state index contributed by atoms with van der Waals surface area (Å²) in [4.78, 5) is 23.6. The van der Waals surface area contributed by atoms with Crippen molar-refractivity contribution >= 4 is 44.4 Å². The summed E-state index contributed by atoms with van der Waals surface area (Å²) < 4.78 is 0.612. The summed E-state index contributed by atoms with van der Waals surface area (Å²) >= 11 is 3.06. The summed E-state index contributed by atoms with van der Waals surface area (Å²) in [6, 6.07) is 13.7. The van der Waals surface area contributed by atoms with Gasteiger partial charge in [-0.05, 0) is 52.0 Å². The Morgan fingerprint density at radius 3 is 1.44 bits per heavy atom. The van der Waals surface area contributed by atoms with Crippen molar-refractivity contribution in [2.24, 2.45) is 0 Å². The smallest absolute Gasteiger partial charge is 0.310 e. The van der Waals surface area contributed by atoms with Crippen molar-refractivity contribution in [3.63, 3.8) is 0 Å². The maximum absolute atomic E-state index is 10.5. The van der Waals surface area contributed by atoms with Gasteiger partial charge in [0.25, 0.3) is 0 Å². The first-order chi connectivity index (χ1) is 18.4. The number of nitrogen functional groups attached to an aromatic ring is 1. The highest BCUT2D eigenvalue weighted by atomic mass is 79.9. The maximum Gasteiger partial charge on any atom is 0.310 e. The molecule has 0 saturated carbocycles. The zero-order chi connectivity index (χ0) is 29.7. The van der Waals surface area contributed by atoms with Crippen LogP contribution in [0.1, 0.15) is 27.7 Å². The SMILES string of the molecule is CCN(CC)c1ccc(N)c(O)c1.CCN(CC)c1ccc([N+](=O)[O-])c(O)c1.O=[N+]([O-])c1ccc(Br)cc1O. The van der Waals surface area contributed by atoms with Gasteiger partial charge in [-0.2, -0.15) is 0 Å². The van der Waals surface area contributed by atoms with E-state index in [0.717, 1.165) is 37.6 Å². The van der Waals surface area contributed by atoms with Crippen molar-refractivity contribution in [2.45, 2.75) is 27.7 Å². The fourth-order valence-corrected chi connectivity index (χ4v) is 3.77. The molecule has 0 amide bonds. The molecular weight excluding hydrogens is 574 g/mol. The zero-order valence-electron chi connectivity index (χ0n) is 22.2. The van der Waals surface area contributed by atoms with E-state index in [9.17, 15) is 30.4 Å². The lowest BCUT2D eigenvalue weighted by Gasteiger charge is -2.21. The van der Waals surface area contributed by atoms with Crippen LogP contribution in [0.15, 0.2) is 59.1 Å². The fraction of sp³-hybridized carbons (Fsp3) is 0.308. The lowest BCUT2D eigenvalue weighted by atomic mass is 10.2. The molecule has 0 saturated heterocycles. The molecule has 0 unspecified atom stereocenters. The standard InChI is InChI=1S/C10H14N2O3.C10H16N2O.C6H4BrNO3/c1-3-11(4-2)8-5-6-9(12(14)15)10(13)7-8;1-3-12(4-2)8-5-6-9(11)10(13)7-8;7-4-1-2-5(8(10)11)6(9)3-4/h5-7,13H,3-4H2,1-2H3;5-7,13H,3-4,11H2,1-2H3;1-3,9H. The van der Waals surface area contributed by atoms with E-state index >= 15 is 0 Å². The number of benzene rings is 3. The van der Waals surface area contributed by atoms with E-state index in [-0.39, 0.29) is 28.6 Å². The molecule has 12 nitrogen and oxygen atoms in total. The summed E-state index contributed by atoms with van der Waals surface area (Å²) in [5.41, 5.74) is 7.19. The van der Waals surface area contributed by atoms with Gasteiger partial charge >= 0.3 is 11.4 Å². The van der Waals surface area contributed by atoms with E-state index in [1.807, 2.05) is 24.8 Å². The third-order valence-electron chi connectivity index (χ3n) is 5.56. The van der Waals surface area contributed by atoms with Crippen LogP contribution in [0.3, 0.4) is 0 Å². The van der Waals surface area contributed by atoms with Crippen LogP contribution in [-0.2, 0) is 0 Å². The highest BCUT2D eigenvalue weighted by Gasteiger charge is 2.14. The number of nitrogens with two attached hydrogens (primary N) is 1. The Labute approximate surface area is 235 Å². The largest absolute Gasteiger partial charge is 0.506 e. The van der Waals surface area contributed by atoms with Crippen LogP contribution in [0, 0.1) is 20.2 Å². The van der Waals surface area contributed by atoms with Gasteiger partial charge in [0.1, 0.15) is 5.75 Å². The summed E-state index contributed by atoms with van der Waals surface area (Å²) in [6.07, 6.45) is 0. The minimum Gasteiger partial charge on any atom is -0.506 e. The fourth-order valence-electron chi connectivity index (χ4n) is 3.42. The van der Waals surface area contributed by atoms with Gasteiger partial charge in [-0.15, -0.1) is 0 Å². The first-order valence-electron chi connectivity index (χ1n) is 12.1. The average molecular weight is 608 g/mol. The molecule has 0 atom stereocenters. The van der Waals surface area contributed by atoms with Gasteiger partial charge in [-0.1, -0.05) is 15.9 Å². The minimum absolute atomic E-state index is 0.157. The third kappa shape index (κ3) is 9.85. The van der Waals surface area contributed by atoms with Crippen LogP contribution in [0.2, 0.25) is 0 Å². The van der Waals surface area contributed by atoms with Crippen LogP contribution in [-0.4, -0.2) is 51.3 Å². The molecule has 0 bridgehead atoms. The predicted molar refractivity (Wildman–Crippen MR) is 157 cm³/mol. The monoisotopic (exact) mass is 607 g/mol. The highest BCUT2D eigenvalue weighted by Crippen LogP contribution is 2.30. The van der Waals surface area contributed by atoms with E-state index in [2.05, 4.69) is 34.7 Å². The molecular formula is C26H34BrN5O7. The summed E-state index contributed by atoms with van der Waals surface area (Å²) in [5, 5.41) is 48.4. The molecule has 0 spiro atoms. The number of hydrogen-bond acceptors (Lipinski definition) is 10. The lowest BCUT2D eigenvalue weighted by Crippen LogP contribution is -2.21. The second-order valence-electron chi connectivity index (χ2n) is 7.91. The second-order valence-corrected chi connectivity index (χ2v) is 8.82. The Kier molecular flexibility index (Phi) is 13.3. The van der Waals surface area contributed by atoms with Crippen LogP contribution < -0.4 is 15.5 Å².